The van der Waals surface area contributed by atoms with Crippen LogP contribution >= 0.6 is 24.0 Å². The highest BCUT2D eigenvalue weighted by Crippen LogP contribution is 2.26. The summed E-state index contributed by atoms with van der Waals surface area (Å²) in [7, 11) is 3.16. The van der Waals surface area contributed by atoms with E-state index in [2.05, 4.69) is 30.6 Å². The number of anilines is 1. The Bertz CT molecular complexity index is 647. The van der Waals surface area contributed by atoms with Gasteiger partial charge in [-0.2, -0.15) is 0 Å². The fourth-order valence-corrected chi connectivity index (χ4v) is 3.95. The largest absolute Gasteiger partial charge is 0.453 e. The van der Waals surface area contributed by atoms with Gasteiger partial charge < -0.3 is 15.4 Å². The first kappa shape index (κ1) is 22.7. The maximum absolute atomic E-state index is 11.2. The molecule has 1 atom stereocenters. The third kappa shape index (κ3) is 6.51. The van der Waals surface area contributed by atoms with Gasteiger partial charge in [0.15, 0.2) is 5.96 Å². The Labute approximate surface area is 184 Å². The lowest BCUT2D eigenvalue weighted by Crippen LogP contribution is -2.45. The minimum absolute atomic E-state index is 0. The van der Waals surface area contributed by atoms with Crippen molar-refractivity contribution in [1.82, 2.24) is 15.5 Å². The normalized spacial score (nSPS) is 20.5. The van der Waals surface area contributed by atoms with Crippen molar-refractivity contribution in [3.8, 4) is 0 Å². The van der Waals surface area contributed by atoms with Gasteiger partial charge in [0.1, 0.15) is 0 Å². The zero-order valence-corrected chi connectivity index (χ0v) is 19.1. The number of carbonyl (C=O) groups is 1. The van der Waals surface area contributed by atoms with Gasteiger partial charge in [0, 0.05) is 44.5 Å². The summed E-state index contributed by atoms with van der Waals surface area (Å²) in [6.45, 7) is 2.98. The average molecular weight is 501 g/mol. The van der Waals surface area contributed by atoms with E-state index in [4.69, 9.17) is 0 Å². The number of carbonyl (C=O) groups excluding carboxylic acids is 1. The summed E-state index contributed by atoms with van der Waals surface area (Å²) in [6, 6.07) is 8.93. The molecule has 1 unspecified atom stereocenters. The Kier molecular flexibility index (Phi) is 9.30. The molecule has 1 amide bonds. The van der Waals surface area contributed by atoms with E-state index < -0.39 is 6.09 Å². The number of halogens is 1. The molecule has 8 heteroatoms. The smallest absolute Gasteiger partial charge is 0.411 e. The zero-order chi connectivity index (χ0) is 19.1. The van der Waals surface area contributed by atoms with Gasteiger partial charge in [-0.1, -0.05) is 25.0 Å². The van der Waals surface area contributed by atoms with Crippen molar-refractivity contribution in [2.24, 2.45) is 4.99 Å². The molecule has 1 aromatic rings. The Morgan fingerprint density at radius 1 is 1.21 bits per heavy atom. The lowest BCUT2D eigenvalue weighted by atomic mass is 10.2. The quantitative estimate of drug-likeness (QED) is 0.328. The van der Waals surface area contributed by atoms with E-state index in [9.17, 15) is 4.79 Å². The van der Waals surface area contributed by atoms with Crippen molar-refractivity contribution >= 4 is 41.7 Å². The molecule has 3 rings (SSSR count). The molecule has 2 fully saturated rings. The zero-order valence-electron chi connectivity index (χ0n) is 16.7. The van der Waals surface area contributed by atoms with Crippen molar-refractivity contribution in [1.29, 1.82) is 0 Å². The molecule has 3 N–H and O–H groups in total. The minimum atomic E-state index is -0.464. The van der Waals surface area contributed by atoms with E-state index in [0.29, 0.717) is 18.3 Å². The number of rotatable bonds is 5. The number of hydrogen-bond acceptors (Lipinski definition) is 4. The van der Waals surface area contributed by atoms with Crippen LogP contribution in [0.15, 0.2) is 29.3 Å². The number of hydrogen-bond donors (Lipinski definition) is 3. The second-order valence-corrected chi connectivity index (χ2v) is 7.30. The lowest BCUT2D eigenvalue weighted by Gasteiger charge is -2.24. The number of nitrogens with zero attached hydrogens (tertiary/aromatic N) is 2. The predicted molar refractivity (Wildman–Crippen MR) is 123 cm³/mol. The van der Waals surface area contributed by atoms with Crippen LogP contribution in [0.4, 0.5) is 10.5 Å². The summed E-state index contributed by atoms with van der Waals surface area (Å²) in [5, 5.41) is 9.58. The van der Waals surface area contributed by atoms with Crippen molar-refractivity contribution in [3.05, 3.63) is 29.8 Å². The van der Waals surface area contributed by atoms with Crippen LogP contribution in [0.25, 0.3) is 0 Å². The van der Waals surface area contributed by atoms with Gasteiger partial charge >= 0.3 is 6.09 Å². The average Bonchev–Trinajstić information content (AvgIpc) is 3.37. The molecule has 1 saturated carbocycles. The number of methoxy groups -OCH3 is 1. The molecule has 1 saturated heterocycles. The highest BCUT2D eigenvalue weighted by Gasteiger charge is 2.30. The third-order valence-electron chi connectivity index (χ3n) is 5.47. The Morgan fingerprint density at radius 2 is 1.93 bits per heavy atom. The van der Waals surface area contributed by atoms with Crippen LogP contribution in [0.3, 0.4) is 0 Å². The van der Waals surface area contributed by atoms with Gasteiger partial charge in [-0.3, -0.25) is 15.2 Å². The number of likely N-dealkylation sites (tertiary alicyclic amines) is 1. The second kappa shape index (κ2) is 11.5. The van der Waals surface area contributed by atoms with Crippen LogP contribution in [0.5, 0.6) is 0 Å². The number of benzene rings is 1. The maximum atomic E-state index is 11.2. The van der Waals surface area contributed by atoms with Crippen LogP contribution in [0.1, 0.15) is 37.7 Å². The van der Waals surface area contributed by atoms with E-state index >= 15 is 0 Å². The van der Waals surface area contributed by atoms with E-state index in [0.717, 1.165) is 24.1 Å². The topological polar surface area (TPSA) is 78.0 Å². The number of nitrogens with one attached hydrogen (secondary N) is 3. The molecule has 1 aromatic carbocycles. The van der Waals surface area contributed by atoms with Crippen molar-refractivity contribution in [2.45, 2.75) is 50.7 Å². The van der Waals surface area contributed by atoms with Crippen LogP contribution in [-0.2, 0) is 11.3 Å². The van der Waals surface area contributed by atoms with Gasteiger partial charge in [0.05, 0.1) is 7.11 Å². The SMILES string of the molecule is CN=C(NCc1ccc(NC(=O)OC)cc1)NC1CCN(C2CCCC2)C1.I. The molecule has 156 valence electrons. The number of aliphatic imine (C=N–C) groups is 1. The summed E-state index contributed by atoms with van der Waals surface area (Å²) in [6.07, 6.45) is 6.20. The van der Waals surface area contributed by atoms with E-state index in [1.165, 1.54) is 45.8 Å². The van der Waals surface area contributed by atoms with Crippen LogP contribution in [0.2, 0.25) is 0 Å². The van der Waals surface area contributed by atoms with Crippen molar-refractivity contribution in [2.75, 3.05) is 32.6 Å². The fraction of sp³-hybridized carbons (Fsp3) is 0.600. The molecule has 1 aliphatic carbocycles. The van der Waals surface area contributed by atoms with Crippen LogP contribution in [-0.4, -0.2) is 56.3 Å². The summed E-state index contributed by atoms with van der Waals surface area (Å²) < 4.78 is 4.59. The first-order valence-corrected chi connectivity index (χ1v) is 9.83. The summed E-state index contributed by atoms with van der Waals surface area (Å²) >= 11 is 0. The van der Waals surface area contributed by atoms with Gasteiger partial charge in [0.25, 0.3) is 0 Å². The fourth-order valence-electron chi connectivity index (χ4n) is 3.95. The maximum Gasteiger partial charge on any atom is 0.411 e. The number of guanidine groups is 1. The summed E-state index contributed by atoms with van der Waals surface area (Å²) in [4.78, 5) is 18.2. The first-order valence-electron chi connectivity index (χ1n) is 9.83. The van der Waals surface area contributed by atoms with Gasteiger partial charge in [-0.15, -0.1) is 24.0 Å². The molecule has 0 bridgehead atoms. The highest BCUT2D eigenvalue weighted by atomic mass is 127. The Balaban J connectivity index is 0.00000280. The van der Waals surface area contributed by atoms with Gasteiger partial charge in [-0.05, 0) is 37.0 Å². The third-order valence-corrected chi connectivity index (χ3v) is 5.47. The standard InChI is InChI=1S/C20H31N5O2.HI/c1-21-19(23-17-11-12-25(14-17)18-5-3-4-6-18)22-13-15-7-9-16(10-8-15)24-20(26)27-2;/h7-10,17-18H,3-6,11-14H2,1-2H3,(H,24,26)(H2,21,22,23);1H. The van der Waals surface area contributed by atoms with E-state index in [1.807, 2.05) is 31.3 Å². The molecular formula is C20H32IN5O2. The second-order valence-electron chi connectivity index (χ2n) is 7.30. The molecule has 28 heavy (non-hydrogen) atoms. The van der Waals surface area contributed by atoms with Gasteiger partial charge in [0.2, 0.25) is 0 Å². The molecule has 1 heterocycles. The van der Waals surface area contributed by atoms with Crippen LogP contribution < -0.4 is 16.0 Å². The van der Waals surface area contributed by atoms with Crippen LogP contribution in [0, 0.1) is 0 Å². The summed E-state index contributed by atoms with van der Waals surface area (Å²) in [5.74, 6) is 0.838. The molecule has 0 spiro atoms. The van der Waals surface area contributed by atoms with E-state index in [1.54, 1.807) is 0 Å². The molecular weight excluding hydrogens is 469 g/mol. The molecule has 1 aliphatic heterocycles. The Morgan fingerprint density at radius 3 is 2.57 bits per heavy atom. The molecule has 2 aliphatic rings. The number of ether oxygens (including phenoxy) is 1. The molecule has 0 radical (unpaired) electrons. The van der Waals surface area contributed by atoms with Crippen molar-refractivity contribution in [3.63, 3.8) is 0 Å². The Hall–Kier alpha value is -1.55. The lowest BCUT2D eigenvalue weighted by molar-refractivity contribution is 0.187. The highest BCUT2D eigenvalue weighted by molar-refractivity contribution is 14.0. The van der Waals surface area contributed by atoms with E-state index in [-0.39, 0.29) is 24.0 Å². The predicted octanol–water partition coefficient (Wildman–Crippen LogP) is 3.16. The molecule has 7 nitrogen and oxygen atoms in total. The van der Waals surface area contributed by atoms with Gasteiger partial charge in [-0.25, -0.2) is 4.79 Å². The minimum Gasteiger partial charge on any atom is -0.453 e. The molecule has 0 aromatic heterocycles. The number of amides is 1. The monoisotopic (exact) mass is 501 g/mol. The van der Waals surface area contributed by atoms with Crippen molar-refractivity contribution < 1.29 is 9.53 Å². The first-order chi connectivity index (χ1) is 13.2. The summed E-state index contributed by atoms with van der Waals surface area (Å²) in [5.41, 5.74) is 1.83.